The zero-order chi connectivity index (χ0) is 18.7. The Morgan fingerprint density at radius 2 is 1.92 bits per heavy atom. The number of aryl methyl sites for hydroxylation is 1. The zero-order valence-electron chi connectivity index (χ0n) is 16.1. The summed E-state index contributed by atoms with van der Waals surface area (Å²) in [5.74, 6) is 0.0827. The van der Waals surface area contributed by atoms with Gasteiger partial charge < -0.3 is 19.6 Å². The Morgan fingerprint density at radius 3 is 2.54 bits per heavy atom. The van der Waals surface area contributed by atoms with Crippen LogP contribution in [0, 0.1) is 6.92 Å². The Balaban J connectivity index is 1.48. The molecule has 2 saturated heterocycles. The second-order valence-corrected chi connectivity index (χ2v) is 7.63. The van der Waals surface area contributed by atoms with Gasteiger partial charge in [0.1, 0.15) is 6.54 Å². The summed E-state index contributed by atoms with van der Waals surface area (Å²) in [6, 6.07) is 8.50. The van der Waals surface area contributed by atoms with Crippen molar-refractivity contribution in [2.75, 3.05) is 58.3 Å². The highest BCUT2D eigenvalue weighted by Gasteiger charge is 2.29. The topological polar surface area (TPSA) is 47.1 Å². The summed E-state index contributed by atoms with van der Waals surface area (Å²) in [6.07, 6.45) is 1.64. The lowest BCUT2D eigenvalue weighted by atomic mass is 10.2. The minimum Gasteiger partial charge on any atom is -0.332 e. The summed E-state index contributed by atoms with van der Waals surface area (Å²) in [7, 11) is 4.23. The molecule has 0 aliphatic carbocycles. The maximum absolute atomic E-state index is 12.5. The summed E-state index contributed by atoms with van der Waals surface area (Å²) in [6.45, 7) is 6.33. The van der Waals surface area contributed by atoms with Gasteiger partial charge in [0.15, 0.2) is 0 Å². The van der Waals surface area contributed by atoms with Crippen LogP contribution in [0.25, 0.3) is 0 Å². The molecule has 0 radical (unpaired) electrons. The van der Waals surface area contributed by atoms with E-state index in [9.17, 15) is 9.59 Å². The number of carbonyl (C=O) groups excluding carboxylic acids is 2. The van der Waals surface area contributed by atoms with E-state index in [1.54, 1.807) is 9.80 Å². The summed E-state index contributed by atoms with van der Waals surface area (Å²) >= 11 is 0. The SMILES string of the molecule is Cc1ccc(N2CCN(C(=O)CCN(C)[C@@H]3CCN(C)C3)CC2=O)cc1. The van der Waals surface area contributed by atoms with E-state index in [0.717, 1.165) is 31.7 Å². The standard InChI is InChI=1S/C20H30N4O2/c1-16-4-6-17(7-5-16)24-13-12-23(15-20(24)26)19(25)9-11-22(3)18-8-10-21(2)14-18/h4-7,18H,8-15H2,1-3H3/t18-/m1/s1. The Labute approximate surface area is 156 Å². The fourth-order valence-corrected chi connectivity index (χ4v) is 3.77. The maximum atomic E-state index is 12.5. The average Bonchev–Trinajstić information content (AvgIpc) is 3.07. The molecule has 6 nitrogen and oxygen atoms in total. The van der Waals surface area contributed by atoms with Gasteiger partial charge in [-0.05, 0) is 46.1 Å². The molecule has 0 spiro atoms. The van der Waals surface area contributed by atoms with Gasteiger partial charge in [-0.15, -0.1) is 0 Å². The molecule has 2 heterocycles. The van der Waals surface area contributed by atoms with Crippen molar-refractivity contribution in [2.24, 2.45) is 0 Å². The first-order chi connectivity index (χ1) is 12.4. The van der Waals surface area contributed by atoms with E-state index in [1.165, 1.54) is 5.56 Å². The molecule has 2 aliphatic rings. The first kappa shape index (κ1) is 18.9. The number of likely N-dealkylation sites (N-methyl/N-ethyl adjacent to an activating group) is 2. The molecule has 3 rings (SSSR count). The van der Waals surface area contributed by atoms with Gasteiger partial charge in [-0.2, -0.15) is 0 Å². The summed E-state index contributed by atoms with van der Waals surface area (Å²) in [5.41, 5.74) is 2.09. The highest BCUT2D eigenvalue weighted by atomic mass is 16.2. The van der Waals surface area contributed by atoms with E-state index < -0.39 is 0 Å². The van der Waals surface area contributed by atoms with E-state index in [1.807, 2.05) is 31.2 Å². The summed E-state index contributed by atoms with van der Waals surface area (Å²) in [4.78, 5) is 33.1. The highest BCUT2D eigenvalue weighted by molar-refractivity contribution is 5.97. The molecular formula is C20H30N4O2. The van der Waals surface area contributed by atoms with Crippen LogP contribution in [0.1, 0.15) is 18.4 Å². The van der Waals surface area contributed by atoms with Gasteiger partial charge in [0.25, 0.3) is 0 Å². The fourth-order valence-electron chi connectivity index (χ4n) is 3.77. The van der Waals surface area contributed by atoms with Crippen LogP contribution in [-0.4, -0.2) is 85.9 Å². The number of benzene rings is 1. The lowest BCUT2D eigenvalue weighted by molar-refractivity contribution is -0.137. The Kier molecular flexibility index (Phi) is 5.94. The molecule has 2 aliphatic heterocycles. The number of hydrogen-bond acceptors (Lipinski definition) is 4. The van der Waals surface area contributed by atoms with Crippen molar-refractivity contribution >= 4 is 17.5 Å². The number of hydrogen-bond donors (Lipinski definition) is 0. The van der Waals surface area contributed by atoms with E-state index in [-0.39, 0.29) is 18.4 Å². The molecule has 0 bridgehead atoms. The van der Waals surface area contributed by atoms with Crippen molar-refractivity contribution in [1.82, 2.24) is 14.7 Å². The third-order valence-corrected chi connectivity index (χ3v) is 5.59. The number of nitrogens with zero attached hydrogens (tertiary/aromatic N) is 4. The largest absolute Gasteiger partial charge is 0.332 e. The van der Waals surface area contributed by atoms with Crippen LogP contribution in [0.2, 0.25) is 0 Å². The molecule has 0 saturated carbocycles. The van der Waals surface area contributed by atoms with Crippen LogP contribution in [0.5, 0.6) is 0 Å². The predicted octanol–water partition coefficient (Wildman–Crippen LogP) is 1.20. The van der Waals surface area contributed by atoms with Crippen LogP contribution in [0.4, 0.5) is 5.69 Å². The van der Waals surface area contributed by atoms with Gasteiger partial charge >= 0.3 is 0 Å². The van der Waals surface area contributed by atoms with E-state index in [2.05, 4.69) is 23.9 Å². The second-order valence-electron chi connectivity index (χ2n) is 7.63. The average molecular weight is 358 g/mol. The van der Waals surface area contributed by atoms with Gasteiger partial charge in [0, 0.05) is 44.3 Å². The fraction of sp³-hybridized carbons (Fsp3) is 0.600. The van der Waals surface area contributed by atoms with Crippen molar-refractivity contribution in [2.45, 2.75) is 25.8 Å². The highest BCUT2D eigenvalue weighted by Crippen LogP contribution is 2.18. The lowest BCUT2D eigenvalue weighted by Crippen LogP contribution is -2.52. The molecular weight excluding hydrogens is 328 g/mol. The smallest absolute Gasteiger partial charge is 0.246 e. The number of amides is 2. The molecule has 2 fully saturated rings. The van der Waals surface area contributed by atoms with Gasteiger partial charge in [-0.3, -0.25) is 9.59 Å². The molecule has 1 atom stereocenters. The van der Waals surface area contributed by atoms with Gasteiger partial charge in [0.2, 0.25) is 11.8 Å². The lowest BCUT2D eigenvalue weighted by Gasteiger charge is -2.35. The number of anilines is 1. The number of rotatable bonds is 5. The van der Waals surface area contributed by atoms with Crippen LogP contribution in [0.3, 0.4) is 0 Å². The van der Waals surface area contributed by atoms with Crippen molar-refractivity contribution < 1.29 is 9.59 Å². The maximum Gasteiger partial charge on any atom is 0.246 e. The number of likely N-dealkylation sites (tertiary alicyclic amines) is 1. The summed E-state index contributed by atoms with van der Waals surface area (Å²) in [5, 5.41) is 0. The first-order valence-electron chi connectivity index (χ1n) is 9.47. The Hall–Kier alpha value is -1.92. The Bertz CT molecular complexity index is 646. The van der Waals surface area contributed by atoms with Crippen molar-refractivity contribution in [3.63, 3.8) is 0 Å². The molecule has 142 valence electrons. The molecule has 26 heavy (non-hydrogen) atoms. The Morgan fingerprint density at radius 1 is 1.19 bits per heavy atom. The summed E-state index contributed by atoms with van der Waals surface area (Å²) < 4.78 is 0. The van der Waals surface area contributed by atoms with Crippen molar-refractivity contribution in [1.29, 1.82) is 0 Å². The number of carbonyl (C=O) groups is 2. The third-order valence-electron chi connectivity index (χ3n) is 5.59. The zero-order valence-corrected chi connectivity index (χ0v) is 16.1. The molecule has 6 heteroatoms. The van der Waals surface area contributed by atoms with E-state index in [0.29, 0.717) is 25.6 Å². The van der Waals surface area contributed by atoms with E-state index >= 15 is 0 Å². The monoisotopic (exact) mass is 358 g/mol. The van der Waals surface area contributed by atoms with Gasteiger partial charge in [0.05, 0.1) is 0 Å². The van der Waals surface area contributed by atoms with Crippen LogP contribution < -0.4 is 4.90 Å². The normalized spacial score (nSPS) is 21.7. The molecule has 0 N–H and O–H groups in total. The van der Waals surface area contributed by atoms with Crippen LogP contribution >= 0.6 is 0 Å². The molecule has 1 aromatic carbocycles. The van der Waals surface area contributed by atoms with Crippen LogP contribution in [-0.2, 0) is 9.59 Å². The second kappa shape index (κ2) is 8.18. The molecule has 0 aromatic heterocycles. The molecule has 0 unspecified atom stereocenters. The van der Waals surface area contributed by atoms with E-state index in [4.69, 9.17) is 0 Å². The van der Waals surface area contributed by atoms with Crippen LogP contribution in [0.15, 0.2) is 24.3 Å². The molecule has 1 aromatic rings. The molecule has 2 amide bonds. The quantitative estimate of drug-likeness (QED) is 0.793. The van der Waals surface area contributed by atoms with Gasteiger partial charge in [-0.25, -0.2) is 0 Å². The van der Waals surface area contributed by atoms with Crippen molar-refractivity contribution in [3.05, 3.63) is 29.8 Å². The third kappa shape index (κ3) is 4.43. The predicted molar refractivity (Wildman–Crippen MR) is 103 cm³/mol. The first-order valence-corrected chi connectivity index (χ1v) is 9.47. The van der Waals surface area contributed by atoms with Crippen molar-refractivity contribution in [3.8, 4) is 0 Å². The number of piperazine rings is 1. The van der Waals surface area contributed by atoms with Gasteiger partial charge in [-0.1, -0.05) is 17.7 Å². The minimum absolute atomic E-state index is 0.000717. The minimum atomic E-state index is -0.000717.